The molecule has 4 rings (SSSR count). The Morgan fingerprint density at radius 1 is 1.25 bits per heavy atom. The number of anilines is 1. The Bertz CT molecular complexity index is 1060. The average Bonchev–Trinajstić information content (AvgIpc) is 3.39. The molecule has 0 saturated carbocycles. The summed E-state index contributed by atoms with van der Waals surface area (Å²) < 4.78 is 1.97. The minimum Gasteiger partial charge on any atom is -0.319 e. The lowest BCUT2D eigenvalue weighted by molar-refractivity contribution is -0.118. The molecule has 28 heavy (non-hydrogen) atoms. The average molecular weight is 413 g/mol. The molecule has 3 aromatic rings. The van der Waals surface area contributed by atoms with Crippen molar-refractivity contribution in [3.8, 4) is 0 Å². The molecule has 1 aliphatic rings. The first-order chi connectivity index (χ1) is 13.6. The van der Waals surface area contributed by atoms with Gasteiger partial charge in [-0.05, 0) is 18.9 Å². The predicted molar refractivity (Wildman–Crippen MR) is 111 cm³/mol. The lowest BCUT2D eigenvalue weighted by Crippen LogP contribution is -2.23. The SMILES string of the molecule is Cc1ccc(Cn2ccsc2=NC(=O)Cc2csc(N3CCCC3=O)n2)cc1. The largest absolute Gasteiger partial charge is 0.319 e. The second-order valence-electron chi connectivity index (χ2n) is 6.75. The Hall–Kier alpha value is -2.58. The van der Waals surface area contributed by atoms with Crippen molar-refractivity contribution in [3.05, 3.63) is 62.8 Å². The van der Waals surface area contributed by atoms with E-state index < -0.39 is 0 Å². The zero-order valence-corrected chi connectivity index (χ0v) is 17.1. The summed E-state index contributed by atoms with van der Waals surface area (Å²) in [6, 6.07) is 8.33. The quantitative estimate of drug-likeness (QED) is 0.646. The molecule has 1 fully saturated rings. The van der Waals surface area contributed by atoms with Gasteiger partial charge < -0.3 is 4.57 Å². The van der Waals surface area contributed by atoms with Crippen molar-refractivity contribution in [1.29, 1.82) is 0 Å². The summed E-state index contributed by atoms with van der Waals surface area (Å²) in [6.07, 6.45) is 3.52. The number of aromatic nitrogens is 2. The topological polar surface area (TPSA) is 67.6 Å². The summed E-state index contributed by atoms with van der Waals surface area (Å²) in [6.45, 7) is 3.44. The molecule has 8 heteroatoms. The molecule has 1 aliphatic heterocycles. The third-order valence-electron chi connectivity index (χ3n) is 4.53. The molecule has 2 aromatic heterocycles. The van der Waals surface area contributed by atoms with Crippen LogP contribution >= 0.6 is 22.7 Å². The summed E-state index contributed by atoms with van der Waals surface area (Å²) in [5.41, 5.74) is 3.05. The molecule has 6 nitrogen and oxygen atoms in total. The molecule has 0 radical (unpaired) electrons. The maximum Gasteiger partial charge on any atom is 0.254 e. The van der Waals surface area contributed by atoms with E-state index in [0.717, 1.165) is 12.0 Å². The van der Waals surface area contributed by atoms with Crippen LogP contribution in [0.4, 0.5) is 5.13 Å². The van der Waals surface area contributed by atoms with Crippen LogP contribution in [0.25, 0.3) is 0 Å². The number of rotatable bonds is 5. The van der Waals surface area contributed by atoms with Crippen LogP contribution in [0, 0.1) is 6.92 Å². The second kappa shape index (κ2) is 8.20. The minimum atomic E-state index is -0.232. The number of nitrogens with zero attached hydrogens (tertiary/aromatic N) is 4. The zero-order valence-electron chi connectivity index (χ0n) is 15.5. The van der Waals surface area contributed by atoms with Gasteiger partial charge in [0.05, 0.1) is 12.1 Å². The van der Waals surface area contributed by atoms with Gasteiger partial charge in [-0.3, -0.25) is 14.5 Å². The standard InChI is InChI=1S/C20H20N4O2S2/c1-14-4-6-15(7-5-14)12-23-9-10-27-19(23)22-17(25)11-16-13-28-20(21-16)24-8-2-3-18(24)26/h4-7,9-10,13H,2-3,8,11-12H2,1H3. The Labute approximate surface area is 170 Å². The van der Waals surface area contributed by atoms with Crippen LogP contribution in [-0.2, 0) is 22.6 Å². The van der Waals surface area contributed by atoms with E-state index in [1.165, 1.54) is 28.2 Å². The van der Waals surface area contributed by atoms with Gasteiger partial charge in [0, 0.05) is 36.5 Å². The van der Waals surface area contributed by atoms with Gasteiger partial charge in [-0.25, -0.2) is 4.98 Å². The number of benzene rings is 1. The van der Waals surface area contributed by atoms with Gasteiger partial charge in [0.15, 0.2) is 9.93 Å². The first-order valence-corrected chi connectivity index (χ1v) is 10.9. The first-order valence-electron chi connectivity index (χ1n) is 9.10. The monoisotopic (exact) mass is 412 g/mol. The van der Waals surface area contributed by atoms with Crippen molar-refractivity contribution in [2.24, 2.45) is 4.99 Å². The van der Waals surface area contributed by atoms with Crippen LogP contribution in [0.15, 0.2) is 46.2 Å². The van der Waals surface area contributed by atoms with Crippen molar-refractivity contribution >= 4 is 39.6 Å². The van der Waals surface area contributed by atoms with E-state index in [1.54, 1.807) is 4.90 Å². The zero-order chi connectivity index (χ0) is 19.5. The van der Waals surface area contributed by atoms with Crippen LogP contribution in [-0.4, -0.2) is 27.9 Å². The third kappa shape index (κ3) is 4.28. The van der Waals surface area contributed by atoms with E-state index in [-0.39, 0.29) is 18.2 Å². The number of carbonyl (C=O) groups excluding carboxylic acids is 2. The number of hydrogen-bond donors (Lipinski definition) is 0. The summed E-state index contributed by atoms with van der Waals surface area (Å²) in [5, 5.41) is 4.44. The summed E-state index contributed by atoms with van der Waals surface area (Å²) >= 11 is 2.85. The molecular weight excluding hydrogens is 392 g/mol. The van der Waals surface area contributed by atoms with Gasteiger partial charge >= 0.3 is 0 Å². The highest BCUT2D eigenvalue weighted by atomic mass is 32.1. The molecule has 0 aliphatic carbocycles. The van der Waals surface area contributed by atoms with Crippen LogP contribution in [0.5, 0.6) is 0 Å². The first kappa shape index (κ1) is 18.8. The normalized spacial score (nSPS) is 14.8. The maximum absolute atomic E-state index is 12.4. The van der Waals surface area contributed by atoms with Crippen LogP contribution < -0.4 is 9.70 Å². The second-order valence-corrected chi connectivity index (χ2v) is 8.46. The lowest BCUT2D eigenvalue weighted by atomic mass is 10.1. The van der Waals surface area contributed by atoms with E-state index in [1.807, 2.05) is 21.5 Å². The summed E-state index contributed by atoms with van der Waals surface area (Å²) in [5.74, 6) is -0.127. The van der Waals surface area contributed by atoms with Gasteiger partial charge in [-0.15, -0.1) is 22.7 Å². The molecule has 2 amide bonds. The van der Waals surface area contributed by atoms with E-state index >= 15 is 0 Å². The Balaban J connectivity index is 1.46. The lowest BCUT2D eigenvalue weighted by Gasteiger charge is -2.10. The smallest absolute Gasteiger partial charge is 0.254 e. The van der Waals surface area contributed by atoms with Gasteiger partial charge in [0.1, 0.15) is 0 Å². The number of thiazole rings is 2. The van der Waals surface area contributed by atoms with Crippen LogP contribution in [0.2, 0.25) is 0 Å². The summed E-state index contributed by atoms with van der Waals surface area (Å²) in [7, 11) is 0. The van der Waals surface area contributed by atoms with Crippen molar-refractivity contribution in [2.45, 2.75) is 32.7 Å². The number of carbonyl (C=O) groups is 2. The van der Waals surface area contributed by atoms with Gasteiger partial charge in [0.2, 0.25) is 5.91 Å². The Morgan fingerprint density at radius 3 is 2.82 bits per heavy atom. The van der Waals surface area contributed by atoms with Gasteiger partial charge in [0.25, 0.3) is 5.91 Å². The third-order valence-corrected chi connectivity index (χ3v) is 6.24. The molecule has 3 heterocycles. The van der Waals surface area contributed by atoms with E-state index in [4.69, 9.17) is 0 Å². The fourth-order valence-electron chi connectivity index (χ4n) is 3.05. The van der Waals surface area contributed by atoms with Crippen molar-refractivity contribution in [1.82, 2.24) is 9.55 Å². The molecular formula is C20H20N4O2S2. The van der Waals surface area contributed by atoms with Crippen molar-refractivity contribution < 1.29 is 9.59 Å². The van der Waals surface area contributed by atoms with Crippen LogP contribution in [0.3, 0.4) is 0 Å². The fraction of sp³-hybridized carbons (Fsp3) is 0.300. The predicted octanol–water partition coefficient (Wildman–Crippen LogP) is 3.16. The van der Waals surface area contributed by atoms with Crippen molar-refractivity contribution in [2.75, 3.05) is 11.4 Å². The van der Waals surface area contributed by atoms with Gasteiger partial charge in [-0.1, -0.05) is 29.8 Å². The number of amides is 2. The van der Waals surface area contributed by atoms with E-state index in [0.29, 0.717) is 35.1 Å². The van der Waals surface area contributed by atoms with Crippen LogP contribution in [0.1, 0.15) is 29.7 Å². The van der Waals surface area contributed by atoms with E-state index in [2.05, 4.69) is 41.2 Å². The number of aryl methyl sites for hydroxylation is 1. The highest BCUT2D eigenvalue weighted by molar-refractivity contribution is 7.14. The Morgan fingerprint density at radius 2 is 2.07 bits per heavy atom. The molecule has 0 unspecified atom stereocenters. The maximum atomic E-state index is 12.4. The molecule has 0 bridgehead atoms. The van der Waals surface area contributed by atoms with E-state index in [9.17, 15) is 9.59 Å². The highest BCUT2D eigenvalue weighted by Gasteiger charge is 2.24. The van der Waals surface area contributed by atoms with Crippen molar-refractivity contribution in [3.63, 3.8) is 0 Å². The highest BCUT2D eigenvalue weighted by Crippen LogP contribution is 2.25. The minimum absolute atomic E-state index is 0.104. The summed E-state index contributed by atoms with van der Waals surface area (Å²) in [4.78, 5) is 35.4. The molecule has 0 N–H and O–H groups in total. The number of hydrogen-bond acceptors (Lipinski definition) is 5. The molecule has 0 spiro atoms. The Kier molecular flexibility index (Phi) is 5.50. The molecule has 144 valence electrons. The molecule has 0 atom stereocenters. The fourth-order valence-corrected chi connectivity index (χ4v) is 4.66. The molecule has 1 saturated heterocycles. The molecule has 1 aromatic carbocycles. The van der Waals surface area contributed by atoms with Gasteiger partial charge in [-0.2, -0.15) is 4.99 Å².